The fourth-order valence-corrected chi connectivity index (χ4v) is 4.26. The summed E-state index contributed by atoms with van der Waals surface area (Å²) < 4.78 is 0. The third kappa shape index (κ3) is 7.28. The molecule has 1 aliphatic heterocycles. The van der Waals surface area contributed by atoms with E-state index in [1.807, 2.05) is 11.0 Å². The van der Waals surface area contributed by atoms with E-state index in [2.05, 4.69) is 43.0 Å². The summed E-state index contributed by atoms with van der Waals surface area (Å²) in [6, 6.07) is 10.5. The van der Waals surface area contributed by atoms with Gasteiger partial charge < -0.3 is 15.5 Å². The Hall–Kier alpha value is -0.460. The van der Waals surface area contributed by atoms with Crippen LogP contribution in [0.4, 0.5) is 0 Å². The lowest BCUT2D eigenvalue weighted by molar-refractivity contribution is -0.127. The van der Waals surface area contributed by atoms with E-state index in [9.17, 15) is 4.79 Å². The monoisotopic (exact) mass is 421 g/mol. The average Bonchev–Trinajstić information content (AvgIpc) is 3.07. The van der Waals surface area contributed by atoms with Gasteiger partial charge >= 0.3 is 0 Å². The number of hydrogen-bond donors (Lipinski definition) is 1. The molecule has 0 aliphatic carbocycles. The van der Waals surface area contributed by atoms with Crippen molar-refractivity contribution in [3.63, 3.8) is 0 Å². The molecule has 26 heavy (non-hydrogen) atoms. The first-order valence-corrected chi connectivity index (χ1v) is 10.2. The lowest BCUT2D eigenvalue weighted by atomic mass is 9.89. The van der Waals surface area contributed by atoms with Crippen molar-refractivity contribution in [2.24, 2.45) is 11.7 Å². The summed E-state index contributed by atoms with van der Waals surface area (Å²) in [6.45, 7) is 9.82. The summed E-state index contributed by atoms with van der Waals surface area (Å²) in [5, 5.41) is 0. The minimum atomic E-state index is 0. The summed E-state index contributed by atoms with van der Waals surface area (Å²) in [5.41, 5.74) is 7.26. The molecule has 0 aromatic heterocycles. The third-order valence-electron chi connectivity index (χ3n) is 5.00. The lowest BCUT2D eigenvalue weighted by Gasteiger charge is -2.19. The Kier molecular flexibility index (Phi) is 13.4. The zero-order chi connectivity index (χ0) is 17.4. The van der Waals surface area contributed by atoms with E-state index in [1.165, 1.54) is 5.56 Å². The molecular formula is C19H33Cl2N3OS. The summed E-state index contributed by atoms with van der Waals surface area (Å²) in [5.74, 6) is 2.61. The third-order valence-corrected chi connectivity index (χ3v) is 5.92. The summed E-state index contributed by atoms with van der Waals surface area (Å²) >= 11 is 1.75. The zero-order valence-electron chi connectivity index (χ0n) is 15.8. The van der Waals surface area contributed by atoms with Gasteiger partial charge in [0.15, 0.2) is 0 Å². The SMILES string of the molecule is CCN(CC)CCSCC(=O)N1C[C@@H](CN)[C@H](c2ccccc2)C1.Cl.Cl. The van der Waals surface area contributed by atoms with Crippen molar-refractivity contribution in [3.05, 3.63) is 35.9 Å². The van der Waals surface area contributed by atoms with Crippen LogP contribution in [0.5, 0.6) is 0 Å². The molecule has 1 aromatic carbocycles. The molecule has 2 rings (SSSR count). The van der Waals surface area contributed by atoms with Crippen LogP contribution in [0.15, 0.2) is 30.3 Å². The van der Waals surface area contributed by atoms with E-state index in [0.29, 0.717) is 24.1 Å². The summed E-state index contributed by atoms with van der Waals surface area (Å²) in [6.07, 6.45) is 0. The van der Waals surface area contributed by atoms with Crippen LogP contribution in [0, 0.1) is 5.92 Å². The first-order valence-electron chi connectivity index (χ1n) is 9.02. The molecular weight excluding hydrogens is 389 g/mol. The number of likely N-dealkylation sites (tertiary alicyclic amines) is 1. The maximum Gasteiger partial charge on any atom is 0.232 e. The Morgan fingerprint density at radius 2 is 1.85 bits per heavy atom. The van der Waals surface area contributed by atoms with Gasteiger partial charge in [-0.3, -0.25) is 4.79 Å². The molecule has 1 heterocycles. The number of hydrogen-bond acceptors (Lipinski definition) is 4. The van der Waals surface area contributed by atoms with E-state index < -0.39 is 0 Å². The van der Waals surface area contributed by atoms with Crippen LogP contribution in [-0.4, -0.2) is 66.5 Å². The Balaban J connectivity index is 0.00000312. The number of carbonyl (C=O) groups excluding carboxylic acids is 1. The van der Waals surface area contributed by atoms with Crippen molar-refractivity contribution in [3.8, 4) is 0 Å². The minimum Gasteiger partial charge on any atom is -0.341 e. The van der Waals surface area contributed by atoms with Crippen molar-refractivity contribution in [2.45, 2.75) is 19.8 Å². The van der Waals surface area contributed by atoms with Crippen molar-refractivity contribution in [2.75, 3.05) is 50.8 Å². The molecule has 4 nitrogen and oxygen atoms in total. The Bertz CT molecular complexity index is 503. The first kappa shape index (κ1) is 25.5. The van der Waals surface area contributed by atoms with Crippen LogP contribution >= 0.6 is 36.6 Å². The van der Waals surface area contributed by atoms with Crippen LogP contribution < -0.4 is 5.73 Å². The second-order valence-electron chi connectivity index (χ2n) is 6.39. The van der Waals surface area contributed by atoms with Gasteiger partial charge in [-0.05, 0) is 31.1 Å². The van der Waals surface area contributed by atoms with Gasteiger partial charge in [0.1, 0.15) is 0 Å². The smallest absolute Gasteiger partial charge is 0.232 e. The molecule has 2 atom stereocenters. The topological polar surface area (TPSA) is 49.6 Å². The molecule has 1 aliphatic rings. The molecule has 0 spiro atoms. The van der Waals surface area contributed by atoms with Crippen molar-refractivity contribution < 1.29 is 4.79 Å². The first-order chi connectivity index (χ1) is 11.7. The number of amides is 1. The van der Waals surface area contributed by atoms with Crippen molar-refractivity contribution in [1.82, 2.24) is 9.80 Å². The molecule has 7 heteroatoms. The Morgan fingerprint density at radius 3 is 2.42 bits per heavy atom. The number of thioether (sulfide) groups is 1. The number of nitrogens with two attached hydrogens (primary N) is 1. The molecule has 0 unspecified atom stereocenters. The summed E-state index contributed by atoms with van der Waals surface area (Å²) in [4.78, 5) is 16.9. The highest BCUT2D eigenvalue weighted by molar-refractivity contribution is 7.99. The Labute approximate surface area is 175 Å². The molecule has 1 saturated heterocycles. The molecule has 150 valence electrons. The van der Waals surface area contributed by atoms with Crippen molar-refractivity contribution in [1.29, 1.82) is 0 Å². The van der Waals surface area contributed by atoms with Gasteiger partial charge in [0.25, 0.3) is 0 Å². The molecule has 1 amide bonds. The van der Waals surface area contributed by atoms with Crippen LogP contribution in [0.1, 0.15) is 25.3 Å². The molecule has 0 radical (unpaired) electrons. The number of rotatable bonds is 9. The fourth-order valence-electron chi connectivity index (χ4n) is 3.38. The van der Waals surface area contributed by atoms with Crippen LogP contribution in [0.2, 0.25) is 0 Å². The summed E-state index contributed by atoms with van der Waals surface area (Å²) in [7, 11) is 0. The lowest BCUT2D eigenvalue weighted by Crippen LogP contribution is -2.32. The van der Waals surface area contributed by atoms with Gasteiger partial charge in [-0.1, -0.05) is 44.2 Å². The van der Waals surface area contributed by atoms with Gasteiger partial charge in [-0.25, -0.2) is 0 Å². The molecule has 0 bridgehead atoms. The Morgan fingerprint density at radius 1 is 1.19 bits per heavy atom. The highest BCUT2D eigenvalue weighted by Gasteiger charge is 2.34. The van der Waals surface area contributed by atoms with Gasteiger partial charge in [0.05, 0.1) is 5.75 Å². The zero-order valence-corrected chi connectivity index (χ0v) is 18.3. The number of nitrogens with zero attached hydrogens (tertiary/aromatic N) is 2. The molecule has 2 N–H and O–H groups in total. The maximum atomic E-state index is 12.5. The average molecular weight is 422 g/mol. The van der Waals surface area contributed by atoms with E-state index in [4.69, 9.17) is 5.73 Å². The van der Waals surface area contributed by atoms with Gasteiger partial charge in [-0.15, -0.1) is 24.8 Å². The second-order valence-corrected chi connectivity index (χ2v) is 7.50. The van der Waals surface area contributed by atoms with E-state index >= 15 is 0 Å². The molecule has 1 aromatic rings. The molecule has 1 fully saturated rings. The molecule has 0 saturated carbocycles. The fraction of sp³-hybridized carbons (Fsp3) is 0.632. The van der Waals surface area contributed by atoms with Crippen LogP contribution in [0.25, 0.3) is 0 Å². The van der Waals surface area contributed by atoms with E-state index in [0.717, 1.165) is 38.5 Å². The highest BCUT2D eigenvalue weighted by atomic mass is 35.5. The number of benzene rings is 1. The second kappa shape index (κ2) is 13.7. The maximum absolute atomic E-state index is 12.5. The predicted octanol–water partition coefficient (Wildman–Crippen LogP) is 3.11. The highest BCUT2D eigenvalue weighted by Crippen LogP contribution is 2.32. The van der Waals surface area contributed by atoms with Crippen molar-refractivity contribution >= 4 is 42.5 Å². The van der Waals surface area contributed by atoms with E-state index in [1.54, 1.807) is 11.8 Å². The number of halogens is 2. The van der Waals surface area contributed by atoms with E-state index in [-0.39, 0.29) is 30.7 Å². The standard InChI is InChI=1S/C19H31N3OS.2ClH/c1-3-21(4-2)10-11-24-15-19(23)22-13-17(12-20)18(14-22)16-8-6-5-7-9-16;;/h5-9,17-18H,3-4,10-15,20H2,1-2H3;2*1H/t17-,18+;;/m1../s1. The van der Waals surface area contributed by atoms with Gasteiger partial charge in [-0.2, -0.15) is 11.8 Å². The minimum absolute atomic E-state index is 0. The van der Waals surface area contributed by atoms with Crippen LogP contribution in [-0.2, 0) is 4.79 Å². The quantitative estimate of drug-likeness (QED) is 0.622. The number of carbonyl (C=O) groups is 1. The van der Waals surface area contributed by atoms with Gasteiger partial charge in [0, 0.05) is 31.3 Å². The normalized spacial score (nSPS) is 19.2. The van der Waals surface area contributed by atoms with Gasteiger partial charge in [0.2, 0.25) is 5.91 Å². The largest absolute Gasteiger partial charge is 0.341 e. The van der Waals surface area contributed by atoms with Crippen LogP contribution in [0.3, 0.4) is 0 Å². The predicted molar refractivity (Wildman–Crippen MR) is 118 cm³/mol.